The highest BCUT2D eigenvalue weighted by molar-refractivity contribution is 6.74. The topological polar surface area (TPSA) is 48.2 Å². The van der Waals surface area contributed by atoms with Gasteiger partial charge in [0.05, 0.1) is 0 Å². The number of hydrogen-bond donors (Lipinski definition) is 0. The van der Waals surface area contributed by atoms with E-state index in [0.29, 0.717) is 5.82 Å². The van der Waals surface area contributed by atoms with Gasteiger partial charge in [-0.15, -0.1) is 0 Å². The number of unbranched alkanes of at least 4 members (excludes halogenated alkanes) is 3. The Morgan fingerprint density at radius 3 is 2.35 bits per heavy atom. The van der Waals surface area contributed by atoms with Gasteiger partial charge in [0.2, 0.25) is 6.39 Å². The van der Waals surface area contributed by atoms with Crippen LogP contribution in [0.2, 0.25) is 18.1 Å². The van der Waals surface area contributed by atoms with Gasteiger partial charge in [-0.25, -0.2) is 0 Å². The van der Waals surface area contributed by atoms with Crippen LogP contribution in [-0.4, -0.2) is 18.5 Å². The van der Waals surface area contributed by atoms with Crippen LogP contribution in [0.1, 0.15) is 70.4 Å². The first-order valence-electron chi connectivity index (χ1n) is 9.77. The molecule has 0 aliphatic carbocycles. The lowest BCUT2D eigenvalue weighted by atomic mass is 10.0. The third kappa shape index (κ3) is 6.36. The third-order valence-electron chi connectivity index (χ3n) is 5.43. The average Bonchev–Trinajstić information content (AvgIpc) is 3.11. The summed E-state index contributed by atoms with van der Waals surface area (Å²) >= 11 is 0. The molecule has 0 fully saturated rings. The van der Waals surface area contributed by atoms with Crippen molar-refractivity contribution in [1.29, 1.82) is 0 Å². The van der Waals surface area contributed by atoms with Crippen LogP contribution in [0, 0.1) is 0 Å². The Morgan fingerprint density at radius 1 is 1.04 bits per heavy atom. The fourth-order valence-electron chi connectivity index (χ4n) is 2.75. The summed E-state index contributed by atoms with van der Waals surface area (Å²) in [4.78, 5) is 4.26. The van der Waals surface area contributed by atoms with Gasteiger partial charge < -0.3 is 8.95 Å². The minimum Gasteiger partial charge on any atom is -0.407 e. The van der Waals surface area contributed by atoms with Crippen LogP contribution in [0.15, 0.2) is 41.2 Å². The van der Waals surface area contributed by atoms with E-state index in [1.807, 2.05) is 0 Å². The molecule has 2 aromatic rings. The summed E-state index contributed by atoms with van der Waals surface area (Å²) in [7, 11) is -1.87. The second kappa shape index (κ2) is 9.47. The SMILES string of the molecule is CC(C)(C)[Si](C)(C)OC(CCCCCCc1ccccc1)c1ncon1. The minimum absolute atomic E-state index is 0.0521. The van der Waals surface area contributed by atoms with E-state index in [0.717, 1.165) is 19.3 Å². The van der Waals surface area contributed by atoms with Gasteiger partial charge >= 0.3 is 0 Å². The van der Waals surface area contributed by atoms with Gasteiger partial charge in [0, 0.05) is 0 Å². The van der Waals surface area contributed by atoms with Crippen LogP contribution in [0.25, 0.3) is 0 Å². The quantitative estimate of drug-likeness (QED) is 0.360. The van der Waals surface area contributed by atoms with Crippen LogP contribution >= 0.6 is 0 Å². The van der Waals surface area contributed by atoms with Crippen LogP contribution in [0.4, 0.5) is 0 Å². The summed E-state index contributed by atoms with van der Waals surface area (Å²) < 4.78 is 11.5. The monoisotopic (exact) mass is 374 g/mol. The fourth-order valence-corrected chi connectivity index (χ4v) is 4.04. The molecule has 5 heteroatoms. The van der Waals surface area contributed by atoms with Crippen molar-refractivity contribution in [3.8, 4) is 0 Å². The molecule has 0 amide bonds. The van der Waals surface area contributed by atoms with E-state index in [4.69, 9.17) is 8.95 Å². The van der Waals surface area contributed by atoms with Crippen molar-refractivity contribution in [1.82, 2.24) is 10.1 Å². The molecular formula is C21H34N2O2Si. The Bertz CT molecular complexity index is 621. The van der Waals surface area contributed by atoms with E-state index in [1.165, 1.54) is 31.2 Å². The van der Waals surface area contributed by atoms with Crippen molar-refractivity contribution in [2.24, 2.45) is 0 Å². The van der Waals surface area contributed by atoms with Crippen molar-refractivity contribution >= 4 is 8.32 Å². The summed E-state index contributed by atoms with van der Waals surface area (Å²) in [5, 5.41) is 4.22. The third-order valence-corrected chi connectivity index (χ3v) is 9.92. The molecule has 0 spiro atoms. The molecule has 0 saturated carbocycles. The van der Waals surface area contributed by atoms with Gasteiger partial charge in [0.1, 0.15) is 6.10 Å². The van der Waals surface area contributed by atoms with Gasteiger partial charge in [-0.05, 0) is 43.0 Å². The van der Waals surface area contributed by atoms with E-state index < -0.39 is 8.32 Å². The molecule has 1 unspecified atom stereocenters. The summed E-state index contributed by atoms with van der Waals surface area (Å²) in [6.07, 6.45) is 8.28. The Labute approximate surface area is 159 Å². The largest absolute Gasteiger partial charge is 0.407 e. The Kier molecular flexibility index (Phi) is 7.59. The zero-order valence-corrected chi connectivity index (χ0v) is 18.0. The predicted octanol–water partition coefficient (Wildman–Crippen LogP) is 6.33. The lowest BCUT2D eigenvalue weighted by Crippen LogP contribution is -2.42. The van der Waals surface area contributed by atoms with Crippen molar-refractivity contribution < 1.29 is 8.95 Å². The molecule has 26 heavy (non-hydrogen) atoms. The van der Waals surface area contributed by atoms with Gasteiger partial charge in [0.15, 0.2) is 14.1 Å². The van der Waals surface area contributed by atoms with Gasteiger partial charge in [-0.3, -0.25) is 0 Å². The number of hydrogen-bond acceptors (Lipinski definition) is 4. The first kappa shape index (κ1) is 20.8. The second-order valence-corrected chi connectivity index (χ2v) is 13.4. The van der Waals surface area contributed by atoms with E-state index in [2.05, 4.69) is 74.3 Å². The Hall–Kier alpha value is -1.46. The maximum atomic E-state index is 6.58. The van der Waals surface area contributed by atoms with Gasteiger partial charge in [-0.2, -0.15) is 4.98 Å². The number of nitrogens with zero attached hydrogens (tertiary/aromatic N) is 2. The van der Waals surface area contributed by atoms with Gasteiger partial charge in [-0.1, -0.05) is 75.5 Å². The van der Waals surface area contributed by atoms with Crippen molar-refractivity contribution in [2.45, 2.75) is 83.5 Å². The van der Waals surface area contributed by atoms with Crippen molar-refractivity contribution in [3.63, 3.8) is 0 Å². The first-order chi connectivity index (χ1) is 12.3. The zero-order valence-electron chi connectivity index (χ0n) is 17.0. The molecule has 4 nitrogen and oxygen atoms in total. The van der Waals surface area contributed by atoms with Crippen LogP contribution < -0.4 is 0 Å². The van der Waals surface area contributed by atoms with Crippen molar-refractivity contribution in [3.05, 3.63) is 48.1 Å². The molecule has 0 radical (unpaired) electrons. The minimum atomic E-state index is -1.87. The van der Waals surface area contributed by atoms with Crippen molar-refractivity contribution in [2.75, 3.05) is 0 Å². The van der Waals surface area contributed by atoms with E-state index in [1.54, 1.807) is 0 Å². The Morgan fingerprint density at radius 2 is 1.73 bits per heavy atom. The summed E-state index contributed by atoms with van der Waals surface area (Å²) in [6.45, 7) is 11.3. The highest BCUT2D eigenvalue weighted by Crippen LogP contribution is 2.40. The standard InChI is InChI=1S/C21H34N2O2Si/c1-21(2,3)26(4,5)25-19(20-22-17-24-23-20)16-12-7-6-9-13-18-14-10-8-11-15-18/h8,10-11,14-15,17,19H,6-7,9,12-13,16H2,1-5H3. The summed E-state index contributed by atoms with van der Waals surface area (Å²) in [6, 6.07) is 10.7. The van der Waals surface area contributed by atoms with E-state index in [-0.39, 0.29) is 11.1 Å². The molecule has 0 aliphatic heterocycles. The highest BCUT2D eigenvalue weighted by atomic mass is 28.4. The van der Waals surface area contributed by atoms with Crippen LogP contribution in [0.3, 0.4) is 0 Å². The molecule has 1 heterocycles. The molecule has 0 bridgehead atoms. The number of rotatable bonds is 10. The number of benzene rings is 1. The average molecular weight is 375 g/mol. The van der Waals surface area contributed by atoms with E-state index in [9.17, 15) is 0 Å². The molecule has 1 atom stereocenters. The lowest BCUT2D eigenvalue weighted by Gasteiger charge is -2.38. The molecule has 1 aromatic heterocycles. The highest BCUT2D eigenvalue weighted by Gasteiger charge is 2.40. The Balaban J connectivity index is 1.79. The molecule has 2 rings (SSSR count). The van der Waals surface area contributed by atoms with Gasteiger partial charge in [0.25, 0.3) is 0 Å². The molecular weight excluding hydrogens is 340 g/mol. The summed E-state index contributed by atoms with van der Waals surface area (Å²) in [5.41, 5.74) is 1.43. The second-order valence-electron chi connectivity index (χ2n) is 8.59. The predicted molar refractivity (Wildman–Crippen MR) is 109 cm³/mol. The summed E-state index contributed by atoms with van der Waals surface area (Å²) in [5.74, 6) is 0.694. The maximum absolute atomic E-state index is 6.58. The molecule has 0 aliphatic rings. The molecule has 0 saturated heterocycles. The molecule has 144 valence electrons. The fraction of sp³-hybridized carbons (Fsp3) is 0.619. The first-order valence-corrected chi connectivity index (χ1v) is 12.7. The van der Waals surface area contributed by atoms with Crippen LogP contribution in [0.5, 0.6) is 0 Å². The molecule has 1 aromatic carbocycles. The normalized spacial score (nSPS) is 13.7. The molecule has 0 N–H and O–H groups in total. The van der Waals surface area contributed by atoms with Crippen LogP contribution in [-0.2, 0) is 10.8 Å². The number of aromatic nitrogens is 2. The zero-order chi connectivity index (χ0) is 19.0. The lowest BCUT2D eigenvalue weighted by molar-refractivity contribution is 0.157. The van der Waals surface area contributed by atoms with E-state index >= 15 is 0 Å². The maximum Gasteiger partial charge on any atom is 0.213 e. The smallest absolute Gasteiger partial charge is 0.213 e. The number of aryl methyl sites for hydroxylation is 1.